The Morgan fingerprint density at radius 2 is 1.89 bits per heavy atom. The largest absolute Gasteiger partial charge is 0.356 e. The molecule has 1 saturated heterocycles. The van der Waals surface area contributed by atoms with Gasteiger partial charge in [-0.1, -0.05) is 36.8 Å². The molecule has 0 bridgehead atoms. The van der Waals surface area contributed by atoms with Crippen molar-refractivity contribution in [3.8, 4) is 0 Å². The van der Waals surface area contributed by atoms with Crippen molar-refractivity contribution < 1.29 is 14.0 Å². The molecule has 1 fully saturated rings. The molecule has 28 heavy (non-hydrogen) atoms. The summed E-state index contributed by atoms with van der Waals surface area (Å²) in [5, 5.41) is 5.79. The number of nitrogens with zero attached hydrogens (tertiary/aromatic N) is 1. The van der Waals surface area contributed by atoms with E-state index in [-0.39, 0.29) is 23.7 Å². The minimum atomic E-state index is -0.405. The van der Waals surface area contributed by atoms with Crippen molar-refractivity contribution in [3.63, 3.8) is 0 Å². The maximum atomic E-state index is 13.7. The molecule has 3 rings (SSSR count). The monoisotopic (exact) mass is 383 g/mol. The Kier molecular flexibility index (Phi) is 6.29. The van der Waals surface area contributed by atoms with Crippen LogP contribution >= 0.6 is 0 Å². The number of halogens is 1. The Bertz CT molecular complexity index is 838. The summed E-state index contributed by atoms with van der Waals surface area (Å²) in [6, 6.07) is 13.6. The average Bonchev–Trinajstić information content (AvgIpc) is 3.13. The molecule has 1 aliphatic heterocycles. The molecular weight excluding hydrogens is 357 g/mol. The fourth-order valence-electron chi connectivity index (χ4n) is 3.53. The molecule has 3 amide bonds. The number of aryl methyl sites for hydroxylation is 1. The van der Waals surface area contributed by atoms with E-state index in [0.717, 1.165) is 17.5 Å². The lowest BCUT2D eigenvalue weighted by Gasteiger charge is -2.18. The highest BCUT2D eigenvalue weighted by atomic mass is 19.1. The molecule has 0 radical (unpaired) electrons. The molecule has 5 nitrogen and oxygen atoms in total. The van der Waals surface area contributed by atoms with E-state index in [1.165, 1.54) is 12.1 Å². The van der Waals surface area contributed by atoms with Gasteiger partial charge in [0.2, 0.25) is 5.91 Å². The molecule has 6 heteroatoms. The maximum absolute atomic E-state index is 13.7. The van der Waals surface area contributed by atoms with Gasteiger partial charge < -0.3 is 15.5 Å². The predicted octanol–water partition coefficient (Wildman–Crippen LogP) is 3.91. The second-order valence-electron chi connectivity index (χ2n) is 7.26. The summed E-state index contributed by atoms with van der Waals surface area (Å²) in [6.07, 6.45) is 0.834. The number of hydrogen-bond acceptors (Lipinski definition) is 2. The first kappa shape index (κ1) is 19.9. The van der Waals surface area contributed by atoms with Crippen molar-refractivity contribution in [1.82, 2.24) is 10.2 Å². The summed E-state index contributed by atoms with van der Waals surface area (Å²) in [6.45, 7) is 5.22. The third kappa shape index (κ3) is 4.68. The van der Waals surface area contributed by atoms with E-state index in [1.807, 2.05) is 44.2 Å². The number of nitrogens with one attached hydrogen (secondary N) is 2. The van der Waals surface area contributed by atoms with Crippen molar-refractivity contribution in [3.05, 3.63) is 65.5 Å². The number of amides is 3. The first-order chi connectivity index (χ1) is 13.5. The van der Waals surface area contributed by atoms with Crippen LogP contribution in [0.4, 0.5) is 14.9 Å². The maximum Gasteiger partial charge on any atom is 0.321 e. The van der Waals surface area contributed by atoms with Crippen molar-refractivity contribution in [1.29, 1.82) is 0 Å². The number of anilines is 1. The molecule has 148 valence electrons. The van der Waals surface area contributed by atoms with Gasteiger partial charge in [0.1, 0.15) is 5.82 Å². The fraction of sp³-hybridized carbons (Fsp3) is 0.364. The van der Waals surface area contributed by atoms with Gasteiger partial charge in [-0.3, -0.25) is 4.79 Å². The van der Waals surface area contributed by atoms with Crippen LogP contribution in [0.25, 0.3) is 0 Å². The SMILES string of the molecule is CCCNC(=O)C1CN(C(=O)Nc2ccc(C)cc2)CC1c1cccc(F)c1. The number of hydrogen-bond donors (Lipinski definition) is 2. The predicted molar refractivity (Wildman–Crippen MR) is 108 cm³/mol. The highest BCUT2D eigenvalue weighted by Gasteiger charge is 2.40. The Morgan fingerprint density at radius 3 is 2.57 bits per heavy atom. The Labute approximate surface area is 164 Å². The van der Waals surface area contributed by atoms with Gasteiger partial charge in [0, 0.05) is 31.2 Å². The van der Waals surface area contributed by atoms with Gasteiger partial charge in [-0.25, -0.2) is 9.18 Å². The van der Waals surface area contributed by atoms with E-state index in [9.17, 15) is 14.0 Å². The molecule has 2 atom stereocenters. The summed E-state index contributed by atoms with van der Waals surface area (Å²) < 4.78 is 13.7. The molecule has 0 saturated carbocycles. The highest BCUT2D eigenvalue weighted by Crippen LogP contribution is 2.33. The van der Waals surface area contributed by atoms with E-state index < -0.39 is 5.92 Å². The zero-order valence-corrected chi connectivity index (χ0v) is 16.2. The molecule has 0 spiro atoms. The van der Waals surface area contributed by atoms with Gasteiger partial charge in [-0.2, -0.15) is 0 Å². The zero-order valence-electron chi connectivity index (χ0n) is 16.2. The molecule has 2 aromatic rings. The zero-order chi connectivity index (χ0) is 20.1. The third-order valence-electron chi connectivity index (χ3n) is 5.07. The van der Waals surface area contributed by atoms with Gasteiger partial charge in [0.15, 0.2) is 0 Å². The number of urea groups is 1. The van der Waals surface area contributed by atoms with Gasteiger partial charge in [0.25, 0.3) is 0 Å². The molecular formula is C22H26FN3O2. The van der Waals surface area contributed by atoms with E-state index in [1.54, 1.807) is 11.0 Å². The van der Waals surface area contributed by atoms with Crippen LogP contribution in [0.3, 0.4) is 0 Å². The van der Waals surface area contributed by atoms with Crippen LogP contribution in [0, 0.1) is 18.7 Å². The van der Waals surface area contributed by atoms with Gasteiger partial charge in [-0.15, -0.1) is 0 Å². The lowest BCUT2D eigenvalue weighted by Crippen LogP contribution is -2.37. The lowest BCUT2D eigenvalue weighted by atomic mass is 9.88. The number of carbonyl (C=O) groups is 2. The average molecular weight is 383 g/mol. The van der Waals surface area contributed by atoms with Crippen LogP contribution < -0.4 is 10.6 Å². The van der Waals surface area contributed by atoms with Crippen molar-refractivity contribution in [2.45, 2.75) is 26.2 Å². The highest BCUT2D eigenvalue weighted by molar-refractivity contribution is 5.91. The second kappa shape index (κ2) is 8.87. The molecule has 2 unspecified atom stereocenters. The van der Waals surface area contributed by atoms with Crippen LogP contribution in [-0.4, -0.2) is 36.5 Å². The van der Waals surface area contributed by atoms with E-state index >= 15 is 0 Å². The Morgan fingerprint density at radius 1 is 1.14 bits per heavy atom. The molecule has 1 heterocycles. The minimum absolute atomic E-state index is 0.0956. The van der Waals surface area contributed by atoms with E-state index in [0.29, 0.717) is 25.3 Å². The topological polar surface area (TPSA) is 61.4 Å². The van der Waals surface area contributed by atoms with Gasteiger partial charge in [0.05, 0.1) is 5.92 Å². The van der Waals surface area contributed by atoms with Crippen LogP contribution in [0.15, 0.2) is 48.5 Å². The summed E-state index contributed by atoms with van der Waals surface area (Å²) >= 11 is 0. The van der Waals surface area contributed by atoms with Crippen LogP contribution in [0.1, 0.15) is 30.4 Å². The van der Waals surface area contributed by atoms with Crippen molar-refractivity contribution in [2.24, 2.45) is 5.92 Å². The fourth-order valence-corrected chi connectivity index (χ4v) is 3.53. The van der Waals surface area contributed by atoms with Crippen LogP contribution in [0.2, 0.25) is 0 Å². The number of likely N-dealkylation sites (tertiary alicyclic amines) is 1. The Hall–Kier alpha value is -2.89. The molecule has 2 N–H and O–H groups in total. The molecule has 1 aliphatic rings. The summed E-state index contributed by atoms with van der Waals surface area (Å²) in [7, 11) is 0. The van der Waals surface area contributed by atoms with E-state index in [4.69, 9.17) is 0 Å². The summed E-state index contributed by atoms with van der Waals surface area (Å²) in [4.78, 5) is 27.0. The first-order valence-electron chi connectivity index (χ1n) is 9.63. The first-order valence-corrected chi connectivity index (χ1v) is 9.63. The third-order valence-corrected chi connectivity index (χ3v) is 5.07. The van der Waals surface area contributed by atoms with Gasteiger partial charge in [-0.05, 0) is 43.2 Å². The van der Waals surface area contributed by atoms with Crippen LogP contribution in [-0.2, 0) is 4.79 Å². The Balaban J connectivity index is 1.77. The smallest absolute Gasteiger partial charge is 0.321 e. The van der Waals surface area contributed by atoms with E-state index in [2.05, 4.69) is 10.6 Å². The van der Waals surface area contributed by atoms with Crippen LogP contribution in [0.5, 0.6) is 0 Å². The lowest BCUT2D eigenvalue weighted by molar-refractivity contribution is -0.124. The standard InChI is InChI=1S/C22H26FN3O2/c1-3-11-24-21(27)20-14-26(13-19(20)16-5-4-6-17(23)12-16)22(28)25-18-9-7-15(2)8-10-18/h4-10,12,19-20H,3,11,13-14H2,1-2H3,(H,24,27)(H,25,28). The normalized spacial score (nSPS) is 18.8. The van der Waals surface area contributed by atoms with Crippen molar-refractivity contribution in [2.75, 3.05) is 25.0 Å². The number of rotatable bonds is 5. The van der Waals surface area contributed by atoms with Gasteiger partial charge >= 0.3 is 6.03 Å². The molecule has 0 aromatic heterocycles. The second-order valence-corrected chi connectivity index (χ2v) is 7.26. The molecule has 0 aliphatic carbocycles. The number of carbonyl (C=O) groups excluding carboxylic acids is 2. The summed E-state index contributed by atoms with van der Waals surface area (Å²) in [5.41, 5.74) is 2.55. The van der Waals surface area contributed by atoms with Crippen molar-refractivity contribution >= 4 is 17.6 Å². The summed E-state index contributed by atoms with van der Waals surface area (Å²) in [5.74, 6) is -1.08. The molecule has 2 aromatic carbocycles. The minimum Gasteiger partial charge on any atom is -0.356 e. The quantitative estimate of drug-likeness (QED) is 0.822. The number of benzene rings is 2.